The summed E-state index contributed by atoms with van der Waals surface area (Å²) in [5, 5.41) is 11.7. The highest BCUT2D eigenvalue weighted by atomic mass is 35.5. The molecule has 0 spiro atoms. The first-order valence-electron chi connectivity index (χ1n) is 7.90. The summed E-state index contributed by atoms with van der Waals surface area (Å²) >= 11 is 12.2. The molecule has 1 fully saturated rings. The highest BCUT2D eigenvalue weighted by molar-refractivity contribution is 6.35. The average molecular weight is 404 g/mol. The first-order valence-corrected chi connectivity index (χ1v) is 8.66. The predicted molar refractivity (Wildman–Crippen MR) is 103 cm³/mol. The van der Waals surface area contributed by atoms with Gasteiger partial charge in [-0.1, -0.05) is 29.3 Å². The monoisotopic (exact) mass is 402 g/mol. The van der Waals surface area contributed by atoms with Crippen LogP contribution < -0.4 is 10.6 Å². The van der Waals surface area contributed by atoms with Crippen molar-refractivity contribution in [3.63, 3.8) is 0 Å². The van der Waals surface area contributed by atoms with Crippen LogP contribution >= 0.6 is 35.6 Å². The zero-order chi connectivity index (χ0) is 17.3. The minimum atomic E-state index is -0.183. The Bertz CT molecular complexity index is 749. The molecule has 2 aromatic rings. The Labute approximate surface area is 163 Å². The summed E-state index contributed by atoms with van der Waals surface area (Å²) in [4.78, 5) is 12.8. The van der Waals surface area contributed by atoms with Crippen LogP contribution in [-0.2, 0) is 11.8 Å². The molecule has 0 bridgehead atoms. The maximum Gasteiger partial charge on any atom is 0.225 e. The van der Waals surface area contributed by atoms with Crippen LogP contribution in [0.25, 0.3) is 0 Å². The Morgan fingerprint density at radius 2 is 2.16 bits per heavy atom. The van der Waals surface area contributed by atoms with Gasteiger partial charge in [0.05, 0.1) is 18.2 Å². The third-order valence-electron chi connectivity index (χ3n) is 4.49. The van der Waals surface area contributed by atoms with Gasteiger partial charge in [-0.3, -0.25) is 9.48 Å². The second-order valence-electron chi connectivity index (χ2n) is 6.21. The van der Waals surface area contributed by atoms with Crippen molar-refractivity contribution in [1.82, 2.24) is 20.4 Å². The normalized spacial score (nSPS) is 20.8. The SMILES string of the molecule is CC(NC(=O)[C@H]1CNC[C@@H]1c1cnn(C)c1)c1ccc(Cl)cc1Cl.Cl. The van der Waals surface area contributed by atoms with Crippen molar-refractivity contribution in [2.75, 3.05) is 13.1 Å². The van der Waals surface area contributed by atoms with Crippen molar-refractivity contribution in [3.8, 4) is 0 Å². The van der Waals surface area contributed by atoms with E-state index in [2.05, 4.69) is 15.7 Å². The number of nitrogens with zero attached hydrogens (tertiary/aromatic N) is 2. The molecule has 0 saturated carbocycles. The predicted octanol–water partition coefficient (Wildman–Crippen LogP) is 3.33. The fraction of sp³-hybridized carbons (Fsp3) is 0.412. The highest BCUT2D eigenvalue weighted by Crippen LogP contribution is 2.30. The van der Waals surface area contributed by atoms with Crippen molar-refractivity contribution in [2.24, 2.45) is 13.0 Å². The van der Waals surface area contributed by atoms with Crippen LogP contribution in [0.4, 0.5) is 0 Å². The number of aryl methyl sites for hydroxylation is 1. The molecule has 1 aliphatic rings. The van der Waals surface area contributed by atoms with Gasteiger partial charge in [-0.25, -0.2) is 0 Å². The smallest absolute Gasteiger partial charge is 0.225 e. The number of hydrogen-bond acceptors (Lipinski definition) is 3. The van der Waals surface area contributed by atoms with E-state index < -0.39 is 0 Å². The van der Waals surface area contributed by atoms with Crippen LogP contribution in [0.1, 0.15) is 30.0 Å². The summed E-state index contributed by atoms with van der Waals surface area (Å²) in [7, 11) is 1.88. The van der Waals surface area contributed by atoms with Crippen molar-refractivity contribution in [3.05, 3.63) is 51.8 Å². The molecule has 0 radical (unpaired) electrons. The van der Waals surface area contributed by atoms with E-state index in [0.29, 0.717) is 16.6 Å². The Balaban J connectivity index is 0.00000225. The molecule has 5 nitrogen and oxygen atoms in total. The first kappa shape index (κ1) is 20.0. The van der Waals surface area contributed by atoms with Gasteiger partial charge in [0.25, 0.3) is 0 Å². The number of amides is 1. The van der Waals surface area contributed by atoms with E-state index in [0.717, 1.165) is 17.7 Å². The van der Waals surface area contributed by atoms with E-state index in [4.69, 9.17) is 23.2 Å². The average Bonchev–Trinajstić information content (AvgIpc) is 3.15. The molecule has 1 amide bonds. The molecule has 2 heterocycles. The molecule has 2 N–H and O–H groups in total. The van der Waals surface area contributed by atoms with Gasteiger partial charge in [-0.05, 0) is 30.2 Å². The van der Waals surface area contributed by atoms with Gasteiger partial charge in [0, 0.05) is 42.3 Å². The van der Waals surface area contributed by atoms with Crippen LogP contribution in [0.2, 0.25) is 10.0 Å². The summed E-state index contributed by atoms with van der Waals surface area (Å²) in [5.41, 5.74) is 1.94. The summed E-state index contributed by atoms with van der Waals surface area (Å²) < 4.78 is 1.76. The van der Waals surface area contributed by atoms with Gasteiger partial charge in [0.2, 0.25) is 5.91 Å². The first-order chi connectivity index (χ1) is 11.5. The Morgan fingerprint density at radius 1 is 1.40 bits per heavy atom. The van der Waals surface area contributed by atoms with Crippen LogP contribution in [0.5, 0.6) is 0 Å². The van der Waals surface area contributed by atoms with Crippen molar-refractivity contribution in [2.45, 2.75) is 18.9 Å². The molecule has 1 saturated heterocycles. The standard InChI is InChI=1S/C17H20Cl2N4O.ClH/c1-10(13-4-3-12(18)5-16(13)19)22-17(24)15-8-20-7-14(15)11-6-21-23(2)9-11;/h3-6,9-10,14-15,20H,7-8H2,1-2H3,(H,22,24);1H/t10?,14-,15+;/m1./s1. The summed E-state index contributed by atoms with van der Waals surface area (Å²) in [5.74, 6) is 0.0293. The molecule has 1 aliphatic heterocycles. The van der Waals surface area contributed by atoms with Gasteiger partial charge >= 0.3 is 0 Å². The molecule has 1 unspecified atom stereocenters. The Morgan fingerprint density at radius 3 is 2.80 bits per heavy atom. The lowest BCUT2D eigenvalue weighted by atomic mass is 9.90. The van der Waals surface area contributed by atoms with Crippen LogP contribution in [0, 0.1) is 5.92 Å². The highest BCUT2D eigenvalue weighted by Gasteiger charge is 2.35. The molecule has 3 rings (SSSR count). The maximum absolute atomic E-state index is 12.8. The molecule has 0 aliphatic carbocycles. The van der Waals surface area contributed by atoms with E-state index in [1.54, 1.807) is 16.8 Å². The minimum Gasteiger partial charge on any atom is -0.349 e. The molecule has 25 heavy (non-hydrogen) atoms. The van der Waals surface area contributed by atoms with E-state index >= 15 is 0 Å². The zero-order valence-electron chi connectivity index (χ0n) is 14.0. The summed E-state index contributed by atoms with van der Waals surface area (Å²) in [6.45, 7) is 3.36. The molecule has 8 heteroatoms. The van der Waals surface area contributed by atoms with E-state index in [1.165, 1.54) is 0 Å². The van der Waals surface area contributed by atoms with Crippen LogP contribution in [0.15, 0.2) is 30.6 Å². The van der Waals surface area contributed by atoms with Crippen LogP contribution in [-0.4, -0.2) is 28.8 Å². The second kappa shape index (κ2) is 8.41. The van der Waals surface area contributed by atoms with Gasteiger partial charge in [-0.15, -0.1) is 12.4 Å². The Kier molecular flexibility index (Phi) is 6.74. The number of aromatic nitrogens is 2. The number of carbonyl (C=O) groups excluding carboxylic acids is 1. The number of nitrogens with one attached hydrogen (secondary N) is 2. The lowest BCUT2D eigenvalue weighted by molar-refractivity contribution is -0.125. The topological polar surface area (TPSA) is 59.0 Å². The molecule has 136 valence electrons. The van der Waals surface area contributed by atoms with Crippen molar-refractivity contribution >= 4 is 41.5 Å². The fourth-order valence-corrected chi connectivity index (χ4v) is 3.76. The van der Waals surface area contributed by atoms with Gasteiger partial charge < -0.3 is 10.6 Å². The van der Waals surface area contributed by atoms with E-state index in [-0.39, 0.29) is 36.2 Å². The zero-order valence-corrected chi connectivity index (χ0v) is 16.3. The molecular weight excluding hydrogens is 383 g/mol. The number of rotatable bonds is 4. The van der Waals surface area contributed by atoms with Gasteiger partial charge in [0.15, 0.2) is 0 Å². The van der Waals surface area contributed by atoms with Gasteiger partial charge in [-0.2, -0.15) is 5.10 Å². The molecule has 3 atom stereocenters. The fourth-order valence-electron chi connectivity index (χ4n) is 3.19. The van der Waals surface area contributed by atoms with Crippen LogP contribution in [0.3, 0.4) is 0 Å². The van der Waals surface area contributed by atoms with Gasteiger partial charge in [0.1, 0.15) is 0 Å². The van der Waals surface area contributed by atoms with E-state index in [9.17, 15) is 4.79 Å². The number of hydrogen-bond donors (Lipinski definition) is 2. The number of carbonyl (C=O) groups is 1. The minimum absolute atomic E-state index is 0. The lowest BCUT2D eigenvalue weighted by Crippen LogP contribution is -2.36. The number of halogens is 3. The molecule has 1 aromatic carbocycles. The summed E-state index contributed by atoms with van der Waals surface area (Å²) in [6, 6.07) is 5.14. The quantitative estimate of drug-likeness (QED) is 0.823. The largest absolute Gasteiger partial charge is 0.349 e. The third-order valence-corrected chi connectivity index (χ3v) is 5.05. The number of benzene rings is 1. The van der Waals surface area contributed by atoms with E-state index in [1.807, 2.05) is 32.4 Å². The maximum atomic E-state index is 12.8. The van der Waals surface area contributed by atoms with Crippen molar-refractivity contribution in [1.29, 1.82) is 0 Å². The third kappa shape index (κ3) is 4.47. The Hall–Kier alpha value is -1.27. The van der Waals surface area contributed by atoms with Crippen molar-refractivity contribution < 1.29 is 4.79 Å². The second-order valence-corrected chi connectivity index (χ2v) is 7.06. The molecule has 1 aromatic heterocycles. The lowest BCUT2D eigenvalue weighted by Gasteiger charge is -2.21. The summed E-state index contributed by atoms with van der Waals surface area (Å²) in [6.07, 6.45) is 3.80. The molecular formula is C17H21Cl3N4O.